The van der Waals surface area contributed by atoms with Crippen LogP contribution in [0.4, 0.5) is 0 Å². The van der Waals surface area contributed by atoms with Crippen molar-refractivity contribution in [2.45, 2.75) is 25.8 Å². The molecule has 5 nitrogen and oxygen atoms in total. The van der Waals surface area contributed by atoms with Gasteiger partial charge in [-0.05, 0) is 31.4 Å². The topological polar surface area (TPSA) is 75.6 Å². The summed E-state index contributed by atoms with van der Waals surface area (Å²) in [5.74, 6) is -1.46. The second-order valence-electron chi connectivity index (χ2n) is 4.78. The number of rotatable bonds is 8. The molecule has 1 atom stereocenters. The highest BCUT2D eigenvalue weighted by Gasteiger charge is 2.18. The normalized spacial score (nSPS) is 12.3. The number of carboxylic acids is 1. The Morgan fingerprint density at radius 2 is 2.00 bits per heavy atom. The van der Waals surface area contributed by atoms with Crippen LogP contribution in [0.15, 0.2) is 30.3 Å². The number of carboxylic acid groups (broad SMARTS) is 1. The maximum absolute atomic E-state index is 11.7. The van der Waals surface area contributed by atoms with Crippen LogP contribution in [0.1, 0.15) is 24.0 Å². The Kier molecular flexibility index (Phi) is 7.18. The maximum atomic E-state index is 11.7. The van der Waals surface area contributed by atoms with E-state index >= 15 is 0 Å². The fraction of sp³-hybridized carbons (Fsp3) is 0.375. The first-order valence-electron chi connectivity index (χ1n) is 6.80. The van der Waals surface area contributed by atoms with Crippen LogP contribution in [0.3, 0.4) is 0 Å². The number of aryl methyl sites for hydroxylation is 1. The van der Waals surface area contributed by atoms with Gasteiger partial charge in [0.1, 0.15) is 6.04 Å². The predicted octanol–water partition coefficient (Wildman–Crippen LogP) is 2.00. The van der Waals surface area contributed by atoms with Gasteiger partial charge in [-0.1, -0.05) is 29.8 Å². The second kappa shape index (κ2) is 8.92. The van der Waals surface area contributed by atoms with Crippen molar-refractivity contribution < 1.29 is 19.4 Å². The number of carbonyl (C=O) groups excluding carboxylic acids is 1. The molecule has 21 heavy (non-hydrogen) atoms. The van der Waals surface area contributed by atoms with Crippen molar-refractivity contribution >= 4 is 18.0 Å². The summed E-state index contributed by atoms with van der Waals surface area (Å²) >= 11 is 0. The highest BCUT2D eigenvalue weighted by Crippen LogP contribution is 2.05. The van der Waals surface area contributed by atoms with Gasteiger partial charge in [0, 0.05) is 19.8 Å². The minimum atomic E-state index is -1.04. The molecule has 114 valence electrons. The van der Waals surface area contributed by atoms with Gasteiger partial charge in [-0.15, -0.1) is 0 Å². The van der Waals surface area contributed by atoms with Gasteiger partial charge in [0.2, 0.25) is 5.91 Å². The molecule has 0 fully saturated rings. The molecule has 0 bridgehead atoms. The zero-order valence-corrected chi connectivity index (χ0v) is 12.3. The predicted molar refractivity (Wildman–Crippen MR) is 80.9 cm³/mol. The zero-order valence-electron chi connectivity index (χ0n) is 12.3. The third-order valence-corrected chi connectivity index (χ3v) is 2.96. The summed E-state index contributed by atoms with van der Waals surface area (Å²) in [6, 6.07) is 6.79. The molecule has 0 heterocycles. The summed E-state index contributed by atoms with van der Waals surface area (Å²) in [4.78, 5) is 22.8. The highest BCUT2D eigenvalue weighted by atomic mass is 16.5. The van der Waals surface area contributed by atoms with Crippen molar-refractivity contribution in [3.05, 3.63) is 41.5 Å². The van der Waals surface area contributed by atoms with Crippen molar-refractivity contribution in [3.8, 4) is 0 Å². The number of ether oxygens (including phenoxy) is 1. The minimum Gasteiger partial charge on any atom is -0.480 e. The molecule has 5 heteroatoms. The first-order valence-corrected chi connectivity index (χ1v) is 6.80. The lowest BCUT2D eigenvalue weighted by atomic mass is 10.1. The molecule has 0 aliphatic heterocycles. The number of amides is 1. The summed E-state index contributed by atoms with van der Waals surface area (Å²) in [6.45, 7) is 2.45. The Balaban J connectivity index is 2.53. The van der Waals surface area contributed by atoms with Gasteiger partial charge in [-0.25, -0.2) is 4.79 Å². The molecule has 0 aromatic heterocycles. The molecule has 1 unspecified atom stereocenters. The number of nitrogens with one attached hydrogen (secondary N) is 1. The highest BCUT2D eigenvalue weighted by molar-refractivity contribution is 5.94. The Bertz CT molecular complexity index is 494. The van der Waals surface area contributed by atoms with Crippen LogP contribution in [-0.2, 0) is 14.3 Å². The number of benzene rings is 1. The number of methoxy groups -OCH3 is 1. The van der Waals surface area contributed by atoms with Crippen LogP contribution >= 0.6 is 0 Å². The Hall–Kier alpha value is -2.14. The molecule has 2 N–H and O–H groups in total. The largest absolute Gasteiger partial charge is 0.480 e. The molecule has 0 aliphatic carbocycles. The van der Waals surface area contributed by atoms with E-state index in [0.717, 1.165) is 11.1 Å². The zero-order chi connectivity index (χ0) is 15.7. The molecule has 0 aliphatic rings. The quantitative estimate of drug-likeness (QED) is 0.567. The van der Waals surface area contributed by atoms with E-state index in [9.17, 15) is 9.59 Å². The van der Waals surface area contributed by atoms with Crippen LogP contribution in [0, 0.1) is 6.92 Å². The van der Waals surface area contributed by atoms with Crippen LogP contribution < -0.4 is 5.32 Å². The molecule has 1 rings (SSSR count). The second-order valence-corrected chi connectivity index (χ2v) is 4.78. The molecule has 0 saturated heterocycles. The number of hydrogen-bond acceptors (Lipinski definition) is 3. The average Bonchev–Trinajstić information content (AvgIpc) is 2.45. The van der Waals surface area contributed by atoms with Crippen LogP contribution in [0.5, 0.6) is 0 Å². The van der Waals surface area contributed by atoms with E-state index in [4.69, 9.17) is 9.84 Å². The Morgan fingerprint density at radius 1 is 1.33 bits per heavy atom. The van der Waals surface area contributed by atoms with Crippen molar-refractivity contribution in [2.24, 2.45) is 0 Å². The SMILES string of the molecule is COCCCC(NC(=O)/C=C/c1ccc(C)cc1)C(=O)O. The van der Waals surface area contributed by atoms with E-state index in [1.54, 1.807) is 13.2 Å². The van der Waals surface area contributed by atoms with E-state index in [2.05, 4.69) is 5.32 Å². The molecule has 1 aromatic carbocycles. The van der Waals surface area contributed by atoms with Gasteiger partial charge in [0.25, 0.3) is 0 Å². The third kappa shape index (κ3) is 6.72. The van der Waals surface area contributed by atoms with E-state index in [0.29, 0.717) is 19.4 Å². The summed E-state index contributed by atoms with van der Waals surface area (Å²) in [5.41, 5.74) is 2.03. The molecule has 1 amide bonds. The lowest BCUT2D eigenvalue weighted by Gasteiger charge is -2.12. The summed E-state index contributed by atoms with van der Waals surface area (Å²) in [6.07, 6.45) is 3.92. The lowest BCUT2D eigenvalue weighted by Crippen LogP contribution is -2.40. The fourth-order valence-corrected chi connectivity index (χ4v) is 1.76. The van der Waals surface area contributed by atoms with Gasteiger partial charge in [-0.2, -0.15) is 0 Å². The van der Waals surface area contributed by atoms with Gasteiger partial charge >= 0.3 is 5.97 Å². The van der Waals surface area contributed by atoms with Crippen molar-refractivity contribution in [3.63, 3.8) is 0 Å². The van der Waals surface area contributed by atoms with Crippen LogP contribution in [0.2, 0.25) is 0 Å². The number of hydrogen-bond donors (Lipinski definition) is 2. The Morgan fingerprint density at radius 3 is 2.57 bits per heavy atom. The summed E-state index contributed by atoms with van der Waals surface area (Å²) in [7, 11) is 1.55. The first-order chi connectivity index (χ1) is 10.0. The van der Waals surface area contributed by atoms with Gasteiger partial charge < -0.3 is 15.2 Å². The fourth-order valence-electron chi connectivity index (χ4n) is 1.76. The van der Waals surface area contributed by atoms with Gasteiger partial charge in [-0.3, -0.25) is 4.79 Å². The van der Waals surface area contributed by atoms with E-state index in [1.165, 1.54) is 6.08 Å². The Labute approximate surface area is 124 Å². The molecular formula is C16H21NO4. The average molecular weight is 291 g/mol. The van der Waals surface area contributed by atoms with Crippen molar-refractivity contribution in [1.82, 2.24) is 5.32 Å². The molecule has 0 saturated carbocycles. The van der Waals surface area contributed by atoms with E-state index in [-0.39, 0.29) is 0 Å². The molecule has 0 radical (unpaired) electrons. The smallest absolute Gasteiger partial charge is 0.326 e. The monoisotopic (exact) mass is 291 g/mol. The number of aliphatic carboxylic acids is 1. The lowest BCUT2D eigenvalue weighted by molar-refractivity contribution is -0.141. The van der Waals surface area contributed by atoms with Crippen molar-refractivity contribution in [1.29, 1.82) is 0 Å². The van der Waals surface area contributed by atoms with Gasteiger partial charge in [0.15, 0.2) is 0 Å². The minimum absolute atomic E-state index is 0.341. The van der Waals surface area contributed by atoms with Crippen LogP contribution in [0.25, 0.3) is 6.08 Å². The summed E-state index contributed by atoms with van der Waals surface area (Å²) in [5, 5.41) is 11.5. The first kappa shape index (κ1) is 16.9. The van der Waals surface area contributed by atoms with Gasteiger partial charge in [0.05, 0.1) is 0 Å². The third-order valence-electron chi connectivity index (χ3n) is 2.96. The maximum Gasteiger partial charge on any atom is 0.326 e. The van der Waals surface area contributed by atoms with E-state index in [1.807, 2.05) is 31.2 Å². The van der Waals surface area contributed by atoms with E-state index < -0.39 is 17.9 Å². The molecule has 0 spiro atoms. The molecular weight excluding hydrogens is 270 g/mol. The standard InChI is InChI=1S/C16H21NO4/c1-12-5-7-13(8-6-12)9-10-15(18)17-14(16(19)20)4-3-11-21-2/h5-10,14H,3-4,11H2,1-2H3,(H,17,18)(H,19,20)/b10-9+. The van der Waals surface area contributed by atoms with Crippen LogP contribution in [-0.4, -0.2) is 36.7 Å². The van der Waals surface area contributed by atoms with Crippen molar-refractivity contribution in [2.75, 3.05) is 13.7 Å². The molecule has 1 aromatic rings. The number of carbonyl (C=O) groups is 2. The summed E-state index contributed by atoms with van der Waals surface area (Å²) < 4.78 is 4.87.